The van der Waals surface area contributed by atoms with Crippen molar-refractivity contribution in [3.63, 3.8) is 0 Å². The minimum absolute atomic E-state index is 0.0824. The lowest BCUT2D eigenvalue weighted by atomic mass is 9.99. The topological polar surface area (TPSA) is 80.3 Å². The Morgan fingerprint density at radius 1 is 1.23 bits per heavy atom. The van der Waals surface area contributed by atoms with Crippen molar-refractivity contribution >= 4 is 29.3 Å². The van der Waals surface area contributed by atoms with Crippen molar-refractivity contribution in [1.29, 1.82) is 0 Å². The molecule has 0 fully saturated rings. The first-order valence-corrected chi connectivity index (χ1v) is 11.7. The summed E-state index contributed by atoms with van der Waals surface area (Å²) in [4.78, 5) is 23.6. The third-order valence-corrected chi connectivity index (χ3v) is 5.81. The van der Waals surface area contributed by atoms with Crippen LogP contribution in [0.25, 0.3) is 5.57 Å². The summed E-state index contributed by atoms with van der Waals surface area (Å²) in [6, 6.07) is 9.75. The summed E-state index contributed by atoms with van der Waals surface area (Å²) < 4.78 is 42.1. The second-order valence-electron chi connectivity index (χ2n) is 8.94. The third-order valence-electron chi connectivity index (χ3n) is 5.57. The van der Waals surface area contributed by atoms with E-state index in [1.807, 2.05) is 32.1 Å². The van der Waals surface area contributed by atoms with Crippen molar-refractivity contribution < 1.29 is 37.7 Å². The molecule has 0 radical (unpaired) electrons. The molecular formula is C26H26ClFO7. The van der Waals surface area contributed by atoms with E-state index in [0.29, 0.717) is 17.9 Å². The zero-order valence-electron chi connectivity index (χ0n) is 19.6. The first-order chi connectivity index (χ1) is 16.6. The van der Waals surface area contributed by atoms with E-state index in [0.717, 1.165) is 11.1 Å². The molecule has 0 saturated heterocycles. The van der Waals surface area contributed by atoms with E-state index in [2.05, 4.69) is 4.74 Å². The Hall–Kier alpha value is -3.10. The zero-order valence-corrected chi connectivity index (χ0v) is 20.4. The number of carbonyl (C=O) groups is 2. The average Bonchev–Trinajstić information content (AvgIpc) is 3.15. The van der Waals surface area contributed by atoms with Crippen LogP contribution >= 0.6 is 11.6 Å². The van der Waals surface area contributed by atoms with Crippen molar-refractivity contribution in [1.82, 2.24) is 0 Å². The molecule has 0 bridgehead atoms. The molecule has 0 spiro atoms. The van der Waals surface area contributed by atoms with Crippen LogP contribution in [0.2, 0.25) is 5.02 Å². The van der Waals surface area contributed by atoms with E-state index in [9.17, 15) is 14.0 Å². The third kappa shape index (κ3) is 5.77. The number of para-hydroxylation sites is 1. The number of hydrogen-bond donors (Lipinski definition) is 0. The maximum absolute atomic E-state index is 14.6. The van der Waals surface area contributed by atoms with Gasteiger partial charge in [0.05, 0.1) is 31.3 Å². The second kappa shape index (κ2) is 10.3. The van der Waals surface area contributed by atoms with Crippen LogP contribution in [-0.2, 0) is 24.8 Å². The van der Waals surface area contributed by atoms with Gasteiger partial charge in [-0.3, -0.25) is 4.79 Å². The molecule has 35 heavy (non-hydrogen) atoms. The van der Waals surface area contributed by atoms with Crippen LogP contribution in [0.1, 0.15) is 44.7 Å². The van der Waals surface area contributed by atoms with Gasteiger partial charge in [0.2, 0.25) is 0 Å². The molecule has 9 heteroatoms. The molecule has 0 aromatic heterocycles. The average molecular weight is 505 g/mol. The van der Waals surface area contributed by atoms with Crippen LogP contribution in [0, 0.1) is 11.7 Å². The number of esters is 1. The number of ether oxygens (including phenoxy) is 5. The Balaban J connectivity index is 1.41. The van der Waals surface area contributed by atoms with Crippen LogP contribution in [0.15, 0.2) is 42.5 Å². The van der Waals surface area contributed by atoms with E-state index in [4.69, 9.17) is 30.5 Å². The predicted octanol–water partition coefficient (Wildman–Crippen LogP) is 6.02. The number of fused-ring (bicyclic) bond motifs is 1. The number of hydrogen-bond acceptors (Lipinski definition) is 7. The molecule has 4 rings (SSSR count). The van der Waals surface area contributed by atoms with Gasteiger partial charge in [-0.15, -0.1) is 0 Å². The SMILES string of the molecule is CC(C)COC(=O)OC(=O)C[C@@H]1CC=C(c2cccc3c2O[C@@](C)(c2ccc(Cl)cc2F)O3)CO1. The van der Waals surface area contributed by atoms with Crippen LogP contribution in [-0.4, -0.2) is 31.4 Å². The largest absolute Gasteiger partial charge is 0.516 e. The molecule has 2 aliphatic rings. The summed E-state index contributed by atoms with van der Waals surface area (Å²) in [7, 11) is 0. The summed E-state index contributed by atoms with van der Waals surface area (Å²) >= 11 is 5.88. The molecular weight excluding hydrogens is 479 g/mol. The van der Waals surface area contributed by atoms with Gasteiger partial charge in [-0.05, 0) is 42.2 Å². The summed E-state index contributed by atoms with van der Waals surface area (Å²) in [6.45, 7) is 5.79. The maximum atomic E-state index is 14.6. The minimum Gasteiger partial charge on any atom is -0.444 e. The van der Waals surface area contributed by atoms with Gasteiger partial charge >= 0.3 is 12.1 Å². The number of halogens is 2. The zero-order chi connectivity index (χ0) is 25.2. The van der Waals surface area contributed by atoms with E-state index >= 15 is 0 Å². The Morgan fingerprint density at radius 3 is 2.71 bits per heavy atom. The first-order valence-electron chi connectivity index (χ1n) is 11.3. The molecule has 186 valence electrons. The molecule has 2 aromatic rings. The summed E-state index contributed by atoms with van der Waals surface area (Å²) in [5, 5.41) is 0.279. The smallest absolute Gasteiger partial charge is 0.444 e. The van der Waals surface area contributed by atoms with E-state index in [1.165, 1.54) is 12.1 Å². The Bertz CT molecular complexity index is 1160. The van der Waals surface area contributed by atoms with Crippen molar-refractivity contribution in [3.05, 3.63) is 64.4 Å². The van der Waals surface area contributed by atoms with Crippen molar-refractivity contribution in [2.75, 3.05) is 13.2 Å². The van der Waals surface area contributed by atoms with Crippen molar-refractivity contribution in [3.8, 4) is 11.5 Å². The molecule has 2 atom stereocenters. The second-order valence-corrected chi connectivity index (χ2v) is 9.37. The lowest BCUT2D eigenvalue weighted by Crippen LogP contribution is -2.32. The first kappa shape index (κ1) is 25.0. The van der Waals surface area contributed by atoms with Gasteiger partial charge in [0.15, 0.2) is 11.5 Å². The Labute approximate surface area is 207 Å². The predicted molar refractivity (Wildman–Crippen MR) is 126 cm³/mol. The summed E-state index contributed by atoms with van der Waals surface area (Å²) in [6.07, 6.45) is 0.843. The van der Waals surface area contributed by atoms with E-state index in [1.54, 1.807) is 19.1 Å². The fourth-order valence-electron chi connectivity index (χ4n) is 3.87. The highest BCUT2D eigenvalue weighted by molar-refractivity contribution is 6.30. The van der Waals surface area contributed by atoms with Crippen LogP contribution in [0.3, 0.4) is 0 Å². The fourth-order valence-corrected chi connectivity index (χ4v) is 4.03. The molecule has 0 unspecified atom stereocenters. The van der Waals surface area contributed by atoms with Gasteiger partial charge in [0.1, 0.15) is 5.82 Å². The molecule has 2 aromatic carbocycles. The maximum Gasteiger partial charge on any atom is 0.516 e. The lowest BCUT2D eigenvalue weighted by molar-refractivity contribution is -0.142. The monoisotopic (exact) mass is 504 g/mol. The van der Waals surface area contributed by atoms with Gasteiger partial charge in [-0.25, -0.2) is 9.18 Å². The summed E-state index contributed by atoms with van der Waals surface area (Å²) in [5.74, 6) is -1.51. The number of carbonyl (C=O) groups excluding carboxylic acids is 2. The molecule has 7 nitrogen and oxygen atoms in total. The molecule has 0 amide bonds. The number of benzene rings is 2. The molecule has 2 aliphatic heterocycles. The van der Waals surface area contributed by atoms with Gasteiger partial charge < -0.3 is 23.7 Å². The van der Waals surface area contributed by atoms with Gasteiger partial charge in [-0.2, -0.15) is 0 Å². The van der Waals surface area contributed by atoms with E-state index < -0.39 is 29.8 Å². The molecule has 0 saturated carbocycles. The van der Waals surface area contributed by atoms with Crippen LogP contribution in [0.4, 0.5) is 9.18 Å². The minimum atomic E-state index is -1.36. The fraction of sp³-hybridized carbons (Fsp3) is 0.385. The van der Waals surface area contributed by atoms with Gasteiger partial charge in [0, 0.05) is 17.5 Å². The highest BCUT2D eigenvalue weighted by Gasteiger charge is 2.42. The Morgan fingerprint density at radius 2 is 2.03 bits per heavy atom. The van der Waals surface area contributed by atoms with Gasteiger partial charge in [0.25, 0.3) is 5.79 Å². The summed E-state index contributed by atoms with van der Waals surface area (Å²) in [5.41, 5.74) is 1.81. The quantitative estimate of drug-likeness (QED) is 0.351. The normalized spacial score (nSPS) is 21.0. The highest BCUT2D eigenvalue weighted by Crippen LogP contribution is 2.48. The number of rotatable bonds is 6. The lowest BCUT2D eigenvalue weighted by Gasteiger charge is -2.25. The van der Waals surface area contributed by atoms with Crippen LogP contribution < -0.4 is 9.47 Å². The van der Waals surface area contributed by atoms with Crippen molar-refractivity contribution in [2.45, 2.75) is 45.5 Å². The van der Waals surface area contributed by atoms with Crippen molar-refractivity contribution in [2.24, 2.45) is 5.92 Å². The van der Waals surface area contributed by atoms with Gasteiger partial charge in [-0.1, -0.05) is 43.7 Å². The van der Waals surface area contributed by atoms with E-state index in [-0.39, 0.29) is 36.1 Å². The highest BCUT2D eigenvalue weighted by atomic mass is 35.5. The molecule has 0 N–H and O–H groups in total. The standard InChI is InChI=1S/C26H26ClFO7/c1-15(2)13-32-25(30)33-23(29)12-18-9-7-16(14-31-18)19-5-4-6-22-24(19)35-26(3,34-22)20-10-8-17(27)11-21(20)28/h4-8,10-11,15,18H,9,12-14H2,1-3H3/t18-,26-/m0/s1. The molecule has 0 aliphatic carbocycles. The molecule has 2 heterocycles. The Kier molecular flexibility index (Phi) is 7.33. The van der Waals surface area contributed by atoms with Crippen LogP contribution in [0.5, 0.6) is 11.5 Å².